The van der Waals surface area contributed by atoms with Gasteiger partial charge in [-0.15, -0.1) is 0 Å². The Bertz CT molecular complexity index is 646. The van der Waals surface area contributed by atoms with Crippen molar-refractivity contribution < 1.29 is 0 Å². The van der Waals surface area contributed by atoms with Gasteiger partial charge in [0.05, 0.1) is 0 Å². The molecule has 0 aromatic carbocycles. The number of hydrogen-bond acceptors (Lipinski definition) is 4. The van der Waals surface area contributed by atoms with E-state index in [-0.39, 0.29) is 16.6 Å². The number of rotatable bonds is 3. The first-order valence-corrected chi connectivity index (χ1v) is 5.43. The highest BCUT2D eigenvalue weighted by Gasteiger charge is 2.27. The summed E-state index contributed by atoms with van der Waals surface area (Å²) in [7, 11) is 0. The topological polar surface area (TPSA) is 120 Å². The van der Waals surface area contributed by atoms with Gasteiger partial charge in [-0.05, 0) is 6.42 Å². The Hall–Kier alpha value is -1.89. The third-order valence-corrected chi connectivity index (χ3v) is 3.19. The lowest BCUT2D eigenvalue weighted by molar-refractivity contribution is 0.443. The van der Waals surface area contributed by atoms with Crippen LogP contribution in [0.25, 0.3) is 11.2 Å². The van der Waals surface area contributed by atoms with Gasteiger partial charge in [0.25, 0.3) is 5.56 Å². The van der Waals surface area contributed by atoms with Crippen LogP contribution >= 0.6 is 0 Å². The predicted octanol–water partition coefficient (Wildman–Crippen LogP) is -0.434. The summed E-state index contributed by atoms with van der Waals surface area (Å²) >= 11 is 0. The highest BCUT2D eigenvalue weighted by atomic mass is 16.2. The first kappa shape index (κ1) is 11.6. The third kappa shape index (κ3) is 1.78. The number of imidazole rings is 1. The SMILES string of the molecule is CCC(C)(CN)c1nc2[nH]c(=O)[nH]c(=O)c2[nH]1. The molecule has 0 bridgehead atoms. The van der Waals surface area contributed by atoms with Crippen LogP contribution in [0.15, 0.2) is 9.59 Å². The van der Waals surface area contributed by atoms with Crippen molar-refractivity contribution in [2.75, 3.05) is 6.54 Å². The van der Waals surface area contributed by atoms with E-state index in [1.54, 1.807) is 0 Å². The lowest BCUT2D eigenvalue weighted by Gasteiger charge is -2.23. The van der Waals surface area contributed by atoms with Gasteiger partial charge in [0.1, 0.15) is 11.3 Å². The summed E-state index contributed by atoms with van der Waals surface area (Å²) in [5.41, 5.74) is 4.89. The Balaban J connectivity index is 2.71. The van der Waals surface area contributed by atoms with E-state index in [4.69, 9.17) is 5.73 Å². The van der Waals surface area contributed by atoms with Gasteiger partial charge in [0.15, 0.2) is 5.65 Å². The normalized spacial score (nSPS) is 15.0. The molecule has 1 atom stereocenters. The molecule has 0 saturated carbocycles. The van der Waals surface area contributed by atoms with E-state index in [1.807, 2.05) is 13.8 Å². The molecular weight excluding hydrogens is 222 g/mol. The summed E-state index contributed by atoms with van der Waals surface area (Å²) in [6, 6.07) is 0. The number of hydrogen-bond donors (Lipinski definition) is 4. The van der Waals surface area contributed by atoms with Crippen molar-refractivity contribution in [3.05, 3.63) is 26.7 Å². The number of H-pyrrole nitrogens is 3. The first-order valence-electron chi connectivity index (χ1n) is 5.43. The first-order chi connectivity index (χ1) is 8.00. The molecule has 2 rings (SSSR count). The molecule has 0 aliphatic heterocycles. The van der Waals surface area contributed by atoms with Crippen molar-refractivity contribution in [2.24, 2.45) is 5.73 Å². The standard InChI is InChI=1S/C10H15N5O2/c1-3-10(2,4-11)8-12-5-6(13-8)14-9(17)15-7(5)16/h3-4,11H2,1-2H3,(H3,12,13,14,15,16,17). The molecule has 7 heteroatoms. The van der Waals surface area contributed by atoms with Crippen molar-refractivity contribution >= 4 is 11.2 Å². The maximum atomic E-state index is 11.5. The summed E-state index contributed by atoms with van der Waals surface area (Å²) < 4.78 is 0. The molecule has 0 saturated heterocycles. The number of aromatic nitrogens is 4. The molecule has 0 amide bonds. The average molecular weight is 237 g/mol. The highest BCUT2D eigenvalue weighted by Crippen LogP contribution is 2.24. The largest absolute Gasteiger partial charge is 0.336 e. The minimum absolute atomic E-state index is 0.266. The Morgan fingerprint density at radius 2 is 2.00 bits per heavy atom. The number of nitrogens with two attached hydrogens (primary N) is 1. The van der Waals surface area contributed by atoms with E-state index in [1.165, 1.54) is 0 Å². The zero-order valence-corrected chi connectivity index (χ0v) is 9.76. The lowest BCUT2D eigenvalue weighted by atomic mass is 9.87. The molecule has 0 spiro atoms. The Labute approximate surface area is 96.5 Å². The molecule has 2 aromatic rings. The number of aromatic amines is 3. The van der Waals surface area contributed by atoms with Crippen molar-refractivity contribution in [3.63, 3.8) is 0 Å². The van der Waals surface area contributed by atoms with Gasteiger partial charge in [-0.25, -0.2) is 9.78 Å². The van der Waals surface area contributed by atoms with E-state index in [9.17, 15) is 9.59 Å². The quantitative estimate of drug-likeness (QED) is 0.578. The summed E-state index contributed by atoms with van der Waals surface area (Å²) in [5, 5.41) is 0. The number of nitrogens with zero attached hydrogens (tertiary/aromatic N) is 1. The van der Waals surface area contributed by atoms with Crippen molar-refractivity contribution in [1.29, 1.82) is 0 Å². The molecule has 2 heterocycles. The smallest absolute Gasteiger partial charge is 0.327 e. The van der Waals surface area contributed by atoms with Gasteiger partial charge < -0.3 is 10.7 Å². The van der Waals surface area contributed by atoms with Crippen LogP contribution in [0.1, 0.15) is 26.1 Å². The maximum absolute atomic E-state index is 11.5. The van der Waals surface area contributed by atoms with E-state index in [0.29, 0.717) is 12.4 Å². The Morgan fingerprint density at radius 3 is 2.59 bits per heavy atom. The van der Waals surface area contributed by atoms with Gasteiger partial charge in [-0.1, -0.05) is 13.8 Å². The second-order valence-electron chi connectivity index (χ2n) is 4.34. The summed E-state index contributed by atoms with van der Waals surface area (Å²) in [4.78, 5) is 34.4. The molecule has 0 aliphatic carbocycles. The van der Waals surface area contributed by atoms with Crippen LogP contribution in [-0.2, 0) is 5.41 Å². The molecule has 7 nitrogen and oxygen atoms in total. The minimum atomic E-state index is -0.563. The fraction of sp³-hybridized carbons (Fsp3) is 0.500. The second-order valence-corrected chi connectivity index (χ2v) is 4.34. The van der Waals surface area contributed by atoms with E-state index >= 15 is 0 Å². The molecule has 0 aliphatic rings. The second kappa shape index (κ2) is 3.85. The summed E-state index contributed by atoms with van der Waals surface area (Å²) in [6.45, 7) is 4.36. The summed E-state index contributed by atoms with van der Waals surface area (Å²) in [5.74, 6) is 0.616. The molecule has 92 valence electrons. The van der Waals surface area contributed by atoms with Crippen molar-refractivity contribution in [3.8, 4) is 0 Å². The van der Waals surface area contributed by atoms with Crippen LogP contribution in [-0.4, -0.2) is 26.5 Å². The van der Waals surface area contributed by atoms with E-state index in [0.717, 1.165) is 6.42 Å². The summed E-state index contributed by atoms with van der Waals surface area (Å²) in [6.07, 6.45) is 0.783. The number of nitrogens with one attached hydrogen (secondary N) is 3. The van der Waals surface area contributed by atoms with Gasteiger partial charge in [0, 0.05) is 12.0 Å². The molecule has 5 N–H and O–H groups in total. The van der Waals surface area contributed by atoms with Gasteiger partial charge in [0.2, 0.25) is 0 Å². The maximum Gasteiger partial charge on any atom is 0.327 e. The van der Waals surface area contributed by atoms with E-state index in [2.05, 4.69) is 19.9 Å². The average Bonchev–Trinajstić information content (AvgIpc) is 2.72. The van der Waals surface area contributed by atoms with E-state index < -0.39 is 11.2 Å². The fourth-order valence-corrected chi connectivity index (χ4v) is 1.63. The van der Waals surface area contributed by atoms with Gasteiger partial charge in [-0.2, -0.15) is 0 Å². The molecule has 0 radical (unpaired) electrons. The third-order valence-electron chi connectivity index (χ3n) is 3.19. The highest BCUT2D eigenvalue weighted by molar-refractivity contribution is 5.68. The monoisotopic (exact) mass is 237 g/mol. The van der Waals surface area contributed by atoms with Crippen molar-refractivity contribution in [1.82, 2.24) is 19.9 Å². The number of fused-ring (bicyclic) bond motifs is 1. The van der Waals surface area contributed by atoms with Crippen LogP contribution in [0.2, 0.25) is 0 Å². The molecule has 2 aromatic heterocycles. The van der Waals surface area contributed by atoms with Gasteiger partial charge >= 0.3 is 5.69 Å². The van der Waals surface area contributed by atoms with Crippen LogP contribution in [0, 0.1) is 0 Å². The lowest BCUT2D eigenvalue weighted by Crippen LogP contribution is -2.32. The van der Waals surface area contributed by atoms with Crippen molar-refractivity contribution in [2.45, 2.75) is 25.7 Å². The van der Waals surface area contributed by atoms with Crippen LogP contribution in [0.5, 0.6) is 0 Å². The molecular formula is C10H15N5O2. The predicted molar refractivity (Wildman–Crippen MR) is 64.0 cm³/mol. The fourth-order valence-electron chi connectivity index (χ4n) is 1.63. The van der Waals surface area contributed by atoms with Crippen LogP contribution < -0.4 is 17.0 Å². The van der Waals surface area contributed by atoms with Gasteiger partial charge in [-0.3, -0.25) is 14.8 Å². The zero-order chi connectivity index (χ0) is 12.6. The van der Waals surface area contributed by atoms with Crippen LogP contribution in [0.4, 0.5) is 0 Å². The Kier molecular flexibility index (Phi) is 2.62. The molecule has 1 unspecified atom stereocenters. The molecule has 17 heavy (non-hydrogen) atoms. The minimum Gasteiger partial charge on any atom is -0.336 e. The molecule has 0 fully saturated rings. The Morgan fingerprint density at radius 1 is 1.29 bits per heavy atom. The zero-order valence-electron chi connectivity index (χ0n) is 9.76. The van der Waals surface area contributed by atoms with Crippen LogP contribution in [0.3, 0.4) is 0 Å².